The molecule has 106 valence electrons. The van der Waals surface area contributed by atoms with Gasteiger partial charge in [0.05, 0.1) is 9.92 Å². The number of hydrogen-bond acceptors (Lipinski definition) is 4. The fraction of sp³-hybridized carbons (Fsp3) is 0.0769. The predicted octanol–water partition coefficient (Wildman–Crippen LogP) is 3.03. The summed E-state index contributed by atoms with van der Waals surface area (Å²) in [4.78, 5) is 1.57. The van der Waals surface area contributed by atoms with Crippen molar-refractivity contribution in [2.45, 2.75) is 21.6 Å². The lowest BCUT2D eigenvalue weighted by atomic mass is 10.2. The molecule has 0 atom stereocenters. The summed E-state index contributed by atoms with van der Waals surface area (Å²) in [6.07, 6.45) is 0. The molecular weight excluding hydrogens is 316 g/mol. The minimum absolute atomic E-state index is 0.0343. The lowest BCUT2D eigenvalue weighted by Gasteiger charge is -2.12. The topological polar surface area (TPSA) is 86.2 Å². The van der Waals surface area contributed by atoms with Crippen LogP contribution in [0.15, 0.2) is 51.1 Å². The highest BCUT2D eigenvalue weighted by Crippen LogP contribution is 2.37. The average molecular weight is 329 g/mol. The standard InChI is InChI=1S/C13H13ClN2O2S2/c1-8-12(19-11-5-3-2-4-10(11)14)6-9(15)7-13(8)20(16,17)18/h2-7H,15H2,1H3,(H2,16,17,18). The summed E-state index contributed by atoms with van der Waals surface area (Å²) < 4.78 is 23.1. The van der Waals surface area contributed by atoms with Crippen LogP contribution < -0.4 is 10.9 Å². The van der Waals surface area contributed by atoms with Crippen LogP contribution in [0.4, 0.5) is 5.69 Å². The molecule has 0 unspecified atom stereocenters. The van der Waals surface area contributed by atoms with E-state index >= 15 is 0 Å². The second-order valence-electron chi connectivity index (χ2n) is 4.22. The Morgan fingerprint density at radius 3 is 2.40 bits per heavy atom. The van der Waals surface area contributed by atoms with Gasteiger partial charge in [0.1, 0.15) is 0 Å². The first-order valence-corrected chi connectivity index (χ1v) is 8.38. The summed E-state index contributed by atoms with van der Waals surface area (Å²) in [5.74, 6) is 0. The number of benzene rings is 2. The maximum Gasteiger partial charge on any atom is 0.238 e. The summed E-state index contributed by atoms with van der Waals surface area (Å²) in [6, 6.07) is 10.4. The molecule has 7 heteroatoms. The first kappa shape index (κ1) is 15.2. The van der Waals surface area contributed by atoms with E-state index in [4.69, 9.17) is 22.5 Å². The molecule has 0 aromatic heterocycles. The van der Waals surface area contributed by atoms with Crippen molar-refractivity contribution in [1.82, 2.24) is 0 Å². The molecule has 0 bridgehead atoms. The fourth-order valence-corrected chi connectivity index (χ4v) is 3.89. The molecule has 0 aliphatic carbocycles. The average Bonchev–Trinajstić information content (AvgIpc) is 2.34. The Balaban J connectivity index is 2.54. The van der Waals surface area contributed by atoms with Crippen molar-refractivity contribution in [3.8, 4) is 0 Å². The molecule has 0 saturated carbocycles. The molecule has 0 aliphatic rings. The molecule has 20 heavy (non-hydrogen) atoms. The van der Waals surface area contributed by atoms with Gasteiger partial charge in [0.15, 0.2) is 0 Å². The molecule has 2 aromatic carbocycles. The van der Waals surface area contributed by atoms with E-state index in [1.54, 1.807) is 19.1 Å². The van der Waals surface area contributed by atoms with Gasteiger partial charge in [0, 0.05) is 15.5 Å². The van der Waals surface area contributed by atoms with Gasteiger partial charge in [-0.25, -0.2) is 13.6 Å². The normalized spacial score (nSPS) is 11.6. The van der Waals surface area contributed by atoms with Crippen molar-refractivity contribution in [3.05, 3.63) is 47.0 Å². The number of sulfonamides is 1. The number of nitrogen functional groups attached to an aromatic ring is 1. The van der Waals surface area contributed by atoms with Crippen LogP contribution in [0.25, 0.3) is 0 Å². The third-order valence-electron chi connectivity index (χ3n) is 2.70. The molecule has 2 aromatic rings. The minimum Gasteiger partial charge on any atom is -0.399 e. The number of anilines is 1. The Kier molecular flexibility index (Phi) is 4.29. The van der Waals surface area contributed by atoms with E-state index in [-0.39, 0.29) is 4.90 Å². The van der Waals surface area contributed by atoms with Crippen molar-refractivity contribution in [2.24, 2.45) is 5.14 Å². The van der Waals surface area contributed by atoms with Crippen molar-refractivity contribution in [1.29, 1.82) is 0 Å². The van der Waals surface area contributed by atoms with Crippen LogP contribution in [-0.4, -0.2) is 8.42 Å². The third-order valence-corrected chi connectivity index (χ3v) is 5.40. The summed E-state index contributed by atoms with van der Waals surface area (Å²) >= 11 is 7.45. The lowest BCUT2D eigenvalue weighted by Crippen LogP contribution is -2.14. The van der Waals surface area contributed by atoms with E-state index < -0.39 is 10.0 Å². The van der Waals surface area contributed by atoms with E-state index in [1.165, 1.54) is 17.8 Å². The Morgan fingerprint density at radius 2 is 1.80 bits per heavy atom. The fourth-order valence-electron chi connectivity index (χ4n) is 1.73. The zero-order chi connectivity index (χ0) is 14.9. The van der Waals surface area contributed by atoms with Gasteiger partial charge in [-0.3, -0.25) is 0 Å². The summed E-state index contributed by atoms with van der Waals surface area (Å²) in [5.41, 5.74) is 6.65. The first-order valence-electron chi connectivity index (χ1n) is 5.64. The quantitative estimate of drug-likeness (QED) is 0.848. The van der Waals surface area contributed by atoms with Gasteiger partial charge in [0.25, 0.3) is 0 Å². The molecular formula is C13H13ClN2O2S2. The molecule has 4 nitrogen and oxygen atoms in total. The van der Waals surface area contributed by atoms with Crippen LogP contribution in [0.2, 0.25) is 5.02 Å². The van der Waals surface area contributed by atoms with Gasteiger partial charge in [-0.2, -0.15) is 0 Å². The highest BCUT2D eigenvalue weighted by atomic mass is 35.5. The van der Waals surface area contributed by atoms with Gasteiger partial charge >= 0.3 is 0 Å². The smallest absolute Gasteiger partial charge is 0.238 e. The number of rotatable bonds is 3. The molecule has 2 rings (SSSR count). The predicted molar refractivity (Wildman–Crippen MR) is 82.5 cm³/mol. The third kappa shape index (κ3) is 3.27. The molecule has 4 N–H and O–H groups in total. The van der Waals surface area contributed by atoms with E-state index in [1.807, 2.05) is 18.2 Å². The number of hydrogen-bond donors (Lipinski definition) is 2. The zero-order valence-electron chi connectivity index (χ0n) is 10.6. The highest BCUT2D eigenvalue weighted by molar-refractivity contribution is 7.99. The molecule has 0 amide bonds. The maximum atomic E-state index is 11.6. The van der Waals surface area contributed by atoms with Crippen molar-refractivity contribution in [3.63, 3.8) is 0 Å². The van der Waals surface area contributed by atoms with Crippen LogP contribution in [0, 0.1) is 6.92 Å². The van der Waals surface area contributed by atoms with E-state index in [2.05, 4.69) is 0 Å². The summed E-state index contributed by atoms with van der Waals surface area (Å²) in [5, 5.41) is 5.79. The molecule has 0 radical (unpaired) electrons. The highest BCUT2D eigenvalue weighted by Gasteiger charge is 2.16. The molecule has 0 aliphatic heterocycles. The molecule has 0 heterocycles. The first-order chi connectivity index (χ1) is 9.29. The minimum atomic E-state index is -3.81. The lowest BCUT2D eigenvalue weighted by molar-refractivity contribution is 0.597. The summed E-state index contributed by atoms with van der Waals surface area (Å²) in [7, 11) is -3.81. The Morgan fingerprint density at radius 1 is 1.15 bits per heavy atom. The Labute approximate surface area is 127 Å². The van der Waals surface area contributed by atoms with Crippen LogP contribution in [0.1, 0.15) is 5.56 Å². The van der Waals surface area contributed by atoms with E-state index in [0.29, 0.717) is 21.2 Å². The second kappa shape index (κ2) is 5.65. The number of primary sulfonamides is 1. The second-order valence-corrected chi connectivity index (χ2v) is 7.24. The zero-order valence-corrected chi connectivity index (χ0v) is 13.0. The van der Waals surface area contributed by atoms with Crippen LogP contribution in [0.3, 0.4) is 0 Å². The van der Waals surface area contributed by atoms with Crippen LogP contribution in [-0.2, 0) is 10.0 Å². The van der Waals surface area contributed by atoms with Crippen LogP contribution in [0.5, 0.6) is 0 Å². The van der Waals surface area contributed by atoms with E-state index in [0.717, 1.165) is 4.90 Å². The van der Waals surface area contributed by atoms with Crippen molar-refractivity contribution in [2.75, 3.05) is 5.73 Å². The van der Waals surface area contributed by atoms with E-state index in [9.17, 15) is 8.42 Å². The van der Waals surface area contributed by atoms with Gasteiger partial charge in [0.2, 0.25) is 10.0 Å². The SMILES string of the molecule is Cc1c(Sc2ccccc2Cl)cc(N)cc1S(N)(=O)=O. The summed E-state index contributed by atoms with van der Waals surface area (Å²) in [6.45, 7) is 1.69. The van der Waals surface area contributed by atoms with Crippen LogP contribution >= 0.6 is 23.4 Å². The van der Waals surface area contributed by atoms with Gasteiger partial charge in [-0.15, -0.1) is 0 Å². The maximum absolute atomic E-state index is 11.6. The molecule has 0 saturated heterocycles. The molecule has 0 spiro atoms. The number of nitrogens with two attached hydrogens (primary N) is 2. The van der Waals surface area contributed by atoms with Gasteiger partial charge in [-0.05, 0) is 36.8 Å². The van der Waals surface area contributed by atoms with Crippen molar-refractivity contribution >= 4 is 39.1 Å². The van der Waals surface area contributed by atoms with Gasteiger partial charge < -0.3 is 5.73 Å². The van der Waals surface area contributed by atoms with Crippen molar-refractivity contribution < 1.29 is 8.42 Å². The Bertz CT molecular complexity index is 761. The largest absolute Gasteiger partial charge is 0.399 e. The number of halogens is 1. The molecule has 0 fully saturated rings. The Hall–Kier alpha value is -1.21. The van der Waals surface area contributed by atoms with Gasteiger partial charge in [-0.1, -0.05) is 35.5 Å². The monoisotopic (exact) mass is 328 g/mol.